The van der Waals surface area contributed by atoms with Gasteiger partial charge in [-0.25, -0.2) is 9.97 Å². The number of aromatic nitrogens is 2. The summed E-state index contributed by atoms with van der Waals surface area (Å²) in [5, 5.41) is 5.89. The van der Waals surface area contributed by atoms with Crippen LogP contribution < -0.4 is 5.32 Å². The molecule has 5 rings (SSSR count). The summed E-state index contributed by atoms with van der Waals surface area (Å²) in [4.78, 5) is 9.72. The maximum absolute atomic E-state index is 4.92. The average Bonchev–Trinajstić information content (AvgIpc) is 2.74. The minimum atomic E-state index is 0.839. The van der Waals surface area contributed by atoms with E-state index in [2.05, 4.69) is 67.7 Å². The quantitative estimate of drug-likeness (QED) is 0.376. The van der Waals surface area contributed by atoms with E-state index in [0.717, 1.165) is 33.8 Å². The molecule has 0 radical (unpaired) electrons. The minimum absolute atomic E-state index is 0.839. The Morgan fingerprint density at radius 3 is 1.97 bits per heavy atom. The van der Waals surface area contributed by atoms with Crippen LogP contribution in [0.3, 0.4) is 0 Å². The van der Waals surface area contributed by atoms with Crippen LogP contribution in [0.2, 0.25) is 0 Å². The van der Waals surface area contributed by atoms with Crippen molar-refractivity contribution in [1.29, 1.82) is 0 Å². The Bertz CT molecular complexity index is 1360. The second-order valence-electron chi connectivity index (χ2n) is 7.35. The highest BCUT2D eigenvalue weighted by Crippen LogP contribution is 2.32. The molecule has 0 aliphatic carbocycles. The van der Waals surface area contributed by atoms with E-state index in [1.165, 1.54) is 21.9 Å². The van der Waals surface area contributed by atoms with Crippen LogP contribution in [-0.2, 0) is 0 Å². The summed E-state index contributed by atoms with van der Waals surface area (Å²) in [5.74, 6) is 0.839. The predicted molar refractivity (Wildman–Crippen MR) is 122 cm³/mol. The van der Waals surface area contributed by atoms with Gasteiger partial charge in [-0.1, -0.05) is 54.6 Å². The maximum atomic E-state index is 4.92. The zero-order valence-electron chi connectivity index (χ0n) is 16.5. The van der Waals surface area contributed by atoms with Crippen molar-refractivity contribution in [3.05, 3.63) is 96.1 Å². The Hall–Kier alpha value is -3.72. The third-order valence-corrected chi connectivity index (χ3v) is 5.31. The van der Waals surface area contributed by atoms with Gasteiger partial charge in [-0.05, 0) is 55.3 Å². The highest BCUT2D eigenvalue weighted by atomic mass is 15.0. The normalized spacial score (nSPS) is 11.1. The predicted octanol–water partition coefficient (Wildman–Crippen LogP) is 6.81. The number of rotatable bonds is 3. The molecular weight excluding hydrogens is 354 g/mol. The molecule has 0 aliphatic rings. The van der Waals surface area contributed by atoms with Crippen molar-refractivity contribution in [3.8, 4) is 11.3 Å². The molecule has 0 amide bonds. The third kappa shape index (κ3) is 3.21. The van der Waals surface area contributed by atoms with Gasteiger partial charge < -0.3 is 5.32 Å². The Labute approximate surface area is 170 Å². The summed E-state index contributed by atoms with van der Waals surface area (Å²) in [6.07, 6.45) is 0. The first kappa shape index (κ1) is 17.4. The largest absolute Gasteiger partial charge is 0.340 e. The second-order valence-corrected chi connectivity index (χ2v) is 7.35. The Kier molecular flexibility index (Phi) is 4.21. The summed E-state index contributed by atoms with van der Waals surface area (Å²) in [7, 11) is 0. The van der Waals surface area contributed by atoms with E-state index in [0.29, 0.717) is 0 Å². The Morgan fingerprint density at radius 2 is 1.21 bits per heavy atom. The minimum Gasteiger partial charge on any atom is -0.340 e. The number of fused-ring (bicyclic) bond motifs is 2. The fourth-order valence-electron chi connectivity index (χ4n) is 3.85. The van der Waals surface area contributed by atoms with Crippen molar-refractivity contribution in [3.63, 3.8) is 0 Å². The zero-order valence-corrected chi connectivity index (χ0v) is 16.5. The van der Waals surface area contributed by atoms with Crippen molar-refractivity contribution in [2.24, 2.45) is 0 Å². The summed E-state index contributed by atoms with van der Waals surface area (Å²) < 4.78 is 0. The van der Waals surface area contributed by atoms with Gasteiger partial charge in [0.05, 0.1) is 16.7 Å². The van der Waals surface area contributed by atoms with Gasteiger partial charge in [0, 0.05) is 22.0 Å². The summed E-state index contributed by atoms with van der Waals surface area (Å²) in [6.45, 7) is 4.26. The fraction of sp³-hybridized carbons (Fsp3) is 0.0769. The van der Waals surface area contributed by atoms with Crippen LogP contribution in [0.25, 0.3) is 33.1 Å². The molecule has 0 spiro atoms. The lowest BCUT2D eigenvalue weighted by Gasteiger charge is -2.14. The highest BCUT2D eigenvalue weighted by Gasteiger charge is 2.10. The van der Waals surface area contributed by atoms with E-state index >= 15 is 0 Å². The number of hydrogen-bond donors (Lipinski definition) is 1. The molecule has 140 valence electrons. The van der Waals surface area contributed by atoms with Gasteiger partial charge in [-0.2, -0.15) is 0 Å². The van der Waals surface area contributed by atoms with E-state index in [9.17, 15) is 0 Å². The van der Waals surface area contributed by atoms with Gasteiger partial charge in [-0.15, -0.1) is 0 Å². The number of nitrogens with zero attached hydrogens (tertiary/aromatic N) is 2. The third-order valence-electron chi connectivity index (χ3n) is 5.31. The fourth-order valence-corrected chi connectivity index (χ4v) is 3.85. The van der Waals surface area contributed by atoms with E-state index in [1.807, 2.05) is 36.4 Å². The van der Waals surface area contributed by atoms with Crippen LogP contribution in [0.4, 0.5) is 11.5 Å². The summed E-state index contributed by atoms with van der Waals surface area (Å²) >= 11 is 0. The van der Waals surface area contributed by atoms with E-state index in [4.69, 9.17) is 9.97 Å². The molecule has 2 aromatic heterocycles. The first-order valence-electron chi connectivity index (χ1n) is 9.78. The standard InChI is InChI=1S/C26H21N3/c1-17-15-25(27-22-12-6-3-9-19(17)22)21-11-5-8-14-24(21)29-26-16-18(2)20-10-4-7-13-23(20)28-26/h3-16H,1-2H3,(H,28,29). The van der Waals surface area contributed by atoms with Crippen LogP contribution in [0.5, 0.6) is 0 Å². The number of para-hydroxylation sites is 3. The molecule has 0 unspecified atom stereocenters. The zero-order chi connectivity index (χ0) is 19.8. The molecule has 0 saturated heterocycles. The van der Waals surface area contributed by atoms with Gasteiger partial charge in [0.15, 0.2) is 0 Å². The van der Waals surface area contributed by atoms with Gasteiger partial charge in [0.25, 0.3) is 0 Å². The second kappa shape index (κ2) is 7.02. The Balaban J connectivity index is 1.61. The lowest BCUT2D eigenvalue weighted by atomic mass is 10.0. The first-order valence-corrected chi connectivity index (χ1v) is 9.78. The van der Waals surface area contributed by atoms with Crippen LogP contribution in [-0.4, -0.2) is 9.97 Å². The van der Waals surface area contributed by atoms with Gasteiger partial charge in [0.2, 0.25) is 0 Å². The lowest BCUT2D eigenvalue weighted by Crippen LogP contribution is -1.98. The maximum Gasteiger partial charge on any atom is 0.131 e. The van der Waals surface area contributed by atoms with Crippen molar-refractivity contribution in [2.75, 3.05) is 5.32 Å². The molecule has 3 nitrogen and oxygen atoms in total. The molecule has 0 bridgehead atoms. The van der Waals surface area contributed by atoms with Crippen LogP contribution >= 0.6 is 0 Å². The van der Waals surface area contributed by atoms with Crippen LogP contribution in [0.1, 0.15) is 11.1 Å². The van der Waals surface area contributed by atoms with Crippen molar-refractivity contribution in [2.45, 2.75) is 13.8 Å². The number of aryl methyl sites for hydroxylation is 2. The van der Waals surface area contributed by atoms with Crippen molar-refractivity contribution >= 4 is 33.3 Å². The average molecular weight is 375 g/mol. The molecule has 1 N–H and O–H groups in total. The smallest absolute Gasteiger partial charge is 0.131 e. The molecule has 3 aromatic carbocycles. The highest BCUT2D eigenvalue weighted by molar-refractivity contribution is 5.89. The molecule has 29 heavy (non-hydrogen) atoms. The van der Waals surface area contributed by atoms with Gasteiger partial charge >= 0.3 is 0 Å². The van der Waals surface area contributed by atoms with Crippen LogP contribution in [0, 0.1) is 13.8 Å². The van der Waals surface area contributed by atoms with Gasteiger partial charge in [-0.3, -0.25) is 0 Å². The molecule has 0 saturated carbocycles. The number of pyridine rings is 2. The molecule has 3 heteroatoms. The SMILES string of the molecule is Cc1cc(Nc2ccccc2-c2cc(C)c3ccccc3n2)nc2ccccc12. The number of anilines is 2. The van der Waals surface area contributed by atoms with E-state index in [1.54, 1.807) is 0 Å². The molecule has 0 aliphatic heterocycles. The number of hydrogen-bond acceptors (Lipinski definition) is 3. The molecule has 2 heterocycles. The summed E-state index contributed by atoms with van der Waals surface area (Å²) in [6, 6.07) is 29.0. The molecule has 0 atom stereocenters. The topological polar surface area (TPSA) is 37.8 Å². The molecule has 0 fully saturated rings. The molecule has 5 aromatic rings. The number of nitrogens with one attached hydrogen (secondary N) is 1. The number of benzene rings is 3. The monoisotopic (exact) mass is 375 g/mol. The van der Waals surface area contributed by atoms with Gasteiger partial charge in [0.1, 0.15) is 5.82 Å². The van der Waals surface area contributed by atoms with Crippen LogP contribution in [0.15, 0.2) is 84.9 Å². The van der Waals surface area contributed by atoms with E-state index < -0.39 is 0 Å². The lowest BCUT2D eigenvalue weighted by molar-refractivity contribution is 1.33. The first-order chi connectivity index (χ1) is 14.2. The van der Waals surface area contributed by atoms with E-state index in [-0.39, 0.29) is 0 Å². The molecular formula is C26H21N3. The van der Waals surface area contributed by atoms with Crippen molar-refractivity contribution in [1.82, 2.24) is 9.97 Å². The Morgan fingerprint density at radius 1 is 0.621 bits per heavy atom. The summed E-state index contributed by atoms with van der Waals surface area (Å²) in [5.41, 5.74) is 7.45. The van der Waals surface area contributed by atoms with Crippen molar-refractivity contribution < 1.29 is 0 Å².